The van der Waals surface area contributed by atoms with Crippen LogP contribution in [0, 0.1) is 11.5 Å². The Hall–Kier alpha value is -0.446. The molecule has 0 heterocycles. The van der Waals surface area contributed by atoms with Crippen molar-refractivity contribution in [1.82, 2.24) is 0 Å². The van der Waals surface area contributed by atoms with E-state index in [2.05, 4.69) is 69.8 Å². The molecule has 0 fully saturated rings. The molecule has 0 N–H and O–H groups in total. The van der Waals surface area contributed by atoms with Gasteiger partial charge in [-0.1, -0.05) is 57.4 Å². The summed E-state index contributed by atoms with van der Waals surface area (Å²) in [4.78, 5) is 0. The van der Waals surface area contributed by atoms with E-state index in [0.29, 0.717) is 0 Å². The summed E-state index contributed by atoms with van der Waals surface area (Å²) in [7, 11) is 10.5. The maximum Gasteiger partial charge on any atom is 4.00 e. The van der Waals surface area contributed by atoms with Crippen molar-refractivity contribution in [3.8, 4) is 0 Å². The minimum Gasteiger partial charge on any atom is -0.668 e. The molecule has 0 aromatic heterocycles. The van der Waals surface area contributed by atoms with E-state index in [9.17, 15) is 0 Å². The van der Waals surface area contributed by atoms with Gasteiger partial charge >= 0.3 is 21.7 Å². The van der Waals surface area contributed by atoms with Gasteiger partial charge in [0.1, 0.15) is 0 Å². The molecule has 0 saturated carbocycles. The number of nitrogens with zero attached hydrogens (tertiary/aromatic N) is 3. The summed E-state index contributed by atoms with van der Waals surface area (Å²) in [6.45, 7) is 22.1. The predicted octanol–water partition coefficient (Wildman–Crippen LogP) is 7.11. The normalized spacial score (nSPS) is 12.9. The van der Waals surface area contributed by atoms with E-state index >= 15 is 0 Å². The second kappa shape index (κ2) is 22.6. The molecule has 150 valence electrons. The smallest absolute Gasteiger partial charge is 0.668 e. The molecule has 3 nitrogen and oxygen atoms in total. The van der Waals surface area contributed by atoms with Crippen LogP contribution in [-0.2, 0) is 21.7 Å². The second-order valence-corrected chi connectivity index (χ2v) is 6.53. The molecule has 0 aromatic rings. The van der Waals surface area contributed by atoms with E-state index < -0.39 is 0 Å². The Morgan fingerprint density at radius 1 is 0.769 bits per heavy atom. The topological polar surface area (TPSA) is 42.3 Å². The molecule has 0 radical (unpaired) electrons. The first-order valence-electron chi connectivity index (χ1n) is 8.39. The molecule has 1 aliphatic rings. The molecule has 0 saturated heterocycles. The standard InChI is InChI=1S/C10H15.C6H10.3C2H6N.Ti/c1-7-6-10(4,5)9(3)8(7)2;1-5(2)6(3)4;3*1-3-2;/h1-5H3;1,3H2,2,4H3;3*1-2H3;/q-1;;3*-1;+4. The summed E-state index contributed by atoms with van der Waals surface area (Å²) in [6.07, 6.45) is 3.44. The van der Waals surface area contributed by atoms with Gasteiger partial charge in [0.05, 0.1) is 0 Å². The number of hydrogen-bond acceptors (Lipinski definition) is 0. The van der Waals surface area contributed by atoms with Crippen LogP contribution < -0.4 is 0 Å². The van der Waals surface area contributed by atoms with Gasteiger partial charge in [0.25, 0.3) is 0 Å². The fourth-order valence-electron chi connectivity index (χ4n) is 1.41. The van der Waals surface area contributed by atoms with Crippen molar-refractivity contribution in [1.29, 1.82) is 0 Å². The van der Waals surface area contributed by atoms with Crippen molar-refractivity contribution in [2.75, 3.05) is 42.3 Å². The second-order valence-electron chi connectivity index (χ2n) is 6.53. The number of rotatable bonds is 1. The van der Waals surface area contributed by atoms with E-state index in [-0.39, 0.29) is 27.1 Å². The zero-order valence-electron chi connectivity index (χ0n) is 19.8. The molecule has 0 aromatic carbocycles. The summed E-state index contributed by atoms with van der Waals surface area (Å²) in [5.74, 6) is 0. The SMILES string of the molecule is C=C(C)C(=C)C.CC1=[C-]C(C)(C)C(C)=C1C.C[N-]C.C[N-]C.C[N-]C.[Ti+4]. The Bertz CT molecular complexity index is 402. The van der Waals surface area contributed by atoms with Gasteiger partial charge in [-0.05, 0) is 13.8 Å². The van der Waals surface area contributed by atoms with Gasteiger partial charge in [-0.15, -0.1) is 6.92 Å². The maximum atomic E-state index is 3.66. The zero-order valence-corrected chi connectivity index (χ0v) is 21.3. The van der Waals surface area contributed by atoms with E-state index in [1.807, 2.05) is 13.8 Å². The van der Waals surface area contributed by atoms with Crippen molar-refractivity contribution in [3.05, 3.63) is 63.0 Å². The molecule has 0 atom stereocenters. The fourth-order valence-corrected chi connectivity index (χ4v) is 1.41. The van der Waals surface area contributed by atoms with Crippen LogP contribution in [0.5, 0.6) is 0 Å². The molecule has 0 aliphatic heterocycles. The molecule has 1 aliphatic carbocycles. The molecule has 0 spiro atoms. The van der Waals surface area contributed by atoms with Crippen LogP contribution >= 0.6 is 0 Å². The minimum absolute atomic E-state index is 0. The molecule has 0 amide bonds. The van der Waals surface area contributed by atoms with Crippen LogP contribution in [0.25, 0.3) is 16.0 Å². The summed E-state index contributed by atoms with van der Waals surface area (Å²) in [6, 6.07) is 0. The van der Waals surface area contributed by atoms with Crippen molar-refractivity contribution < 1.29 is 21.7 Å². The van der Waals surface area contributed by atoms with Gasteiger partial charge in [-0.3, -0.25) is 6.08 Å². The van der Waals surface area contributed by atoms with E-state index in [1.54, 1.807) is 42.3 Å². The number of allylic oxidation sites excluding steroid dienone is 6. The van der Waals surface area contributed by atoms with E-state index in [1.165, 1.54) is 16.7 Å². The summed E-state index contributed by atoms with van der Waals surface area (Å²) in [5, 5.41) is 10.5. The predicted molar refractivity (Wildman–Crippen MR) is 120 cm³/mol. The molecular formula is C22H43N3Ti. The van der Waals surface area contributed by atoms with Gasteiger partial charge in [-0.25, -0.2) is 5.57 Å². The summed E-state index contributed by atoms with van der Waals surface area (Å²) < 4.78 is 0. The fraction of sp³-hybridized carbons (Fsp3) is 0.636. The maximum absolute atomic E-state index is 3.66. The number of hydrogen-bond donors (Lipinski definition) is 0. The summed E-state index contributed by atoms with van der Waals surface area (Å²) in [5.41, 5.74) is 6.52. The average molecular weight is 397 g/mol. The largest absolute Gasteiger partial charge is 4.00 e. The first kappa shape index (κ1) is 36.5. The van der Waals surface area contributed by atoms with Crippen LogP contribution in [0.3, 0.4) is 0 Å². The van der Waals surface area contributed by atoms with Crippen LogP contribution in [0.15, 0.2) is 41.0 Å². The van der Waals surface area contributed by atoms with E-state index in [0.717, 1.165) is 11.1 Å². The third-order valence-electron chi connectivity index (χ3n) is 3.29. The third kappa shape index (κ3) is 23.6. The van der Waals surface area contributed by atoms with Gasteiger partial charge in [0.15, 0.2) is 0 Å². The Morgan fingerprint density at radius 3 is 1.04 bits per heavy atom. The zero-order chi connectivity index (χ0) is 21.2. The third-order valence-corrected chi connectivity index (χ3v) is 3.29. The van der Waals surface area contributed by atoms with Gasteiger partial charge in [-0.2, -0.15) is 53.4 Å². The first-order valence-corrected chi connectivity index (χ1v) is 8.39. The molecule has 1 rings (SSSR count). The molecule has 26 heavy (non-hydrogen) atoms. The Labute approximate surface area is 180 Å². The van der Waals surface area contributed by atoms with Gasteiger partial charge in [0, 0.05) is 0 Å². The van der Waals surface area contributed by atoms with Crippen LogP contribution in [0.1, 0.15) is 48.5 Å². The first-order chi connectivity index (χ1) is 11.3. The van der Waals surface area contributed by atoms with Crippen molar-refractivity contribution in [2.24, 2.45) is 5.41 Å². The van der Waals surface area contributed by atoms with Crippen LogP contribution in [0.4, 0.5) is 0 Å². The Morgan fingerprint density at radius 2 is 1.00 bits per heavy atom. The minimum atomic E-state index is 0. The van der Waals surface area contributed by atoms with Crippen molar-refractivity contribution in [3.63, 3.8) is 0 Å². The summed E-state index contributed by atoms with van der Waals surface area (Å²) >= 11 is 0. The molecular weight excluding hydrogens is 354 g/mol. The molecule has 0 bridgehead atoms. The Balaban J connectivity index is -0.0000000795. The van der Waals surface area contributed by atoms with Crippen molar-refractivity contribution >= 4 is 0 Å². The van der Waals surface area contributed by atoms with Gasteiger partial charge < -0.3 is 16.0 Å². The van der Waals surface area contributed by atoms with E-state index in [4.69, 9.17) is 0 Å². The quantitative estimate of drug-likeness (QED) is 0.257. The molecule has 0 unspecified atom stereocenters. The Kier molecular flexibility index (Phi) is 31.7. The van der Waals surface area contributed by atoms with Crippen molar-refractivity contribution in [2.45, 2.75) is 48.5 Å². The van der Waals surface area contributed by atoms with Gasteiger partial charge in [0.2, 0.25) is 0 Å². The van der Waals surface area contributed by atoms with Crippen LogP contribution in [-0.4, -0.2) is 42.3 Å². The average Bonchev–Trinajstić information content (AvgIpc) is 2.64. The molecule has 4 heteroatoms. The van der Waals surface area contributed by atoms with Crippen LogP contribution in [0.2, 0.25) is 0 Å². The monoisotopic (exact) mass is 397 g/mol.